The van der Waals surface area contributed by atoms with Crippen molar-refractivity contribution in [2.24, 2.45) is 0 Å². The van der Waals surface area contributed by atoms with Crippen LogP contribution in [0.15, 0.2) is 72.4 Å². The van der Waals surface area contributed by atoms with Crippen LogP contribution >= 0.6 is 23.4 Å². The number of benzene rings is 3. The van der Waals surface area contributed by atoms with Crippen LogP contribution in [0.3, 0.4) is 0 Å². The Labute approximate surface area is 442 Å². The van der Waals surface area contributed by atoms with Gasteiger partial charge in [0.15, 0.2) is 0 Å². The monoisotopic (exact) mass is 1070 g/mol. The van der Waals surface area contributed by atoms with Crippen molar-refractivity contribution in [1.29, 1.82) is 0 Å². The fourth-order valence-electron chi connectivity index (χ4n) is 9.34. The van der Waals surface area contributed by atoms with E-state index in [9.17, 15) is 33.2 Å². The Bertz CT molecular complexity index is 2730. The molecule has 1 aromatic heterocycles. The molecule has 0 radical (unpaired) electrons. The molecule has 0 aliphatic carbocycles. The molecule has 3 fully saturated rings. The minimum absolute atomic E-state index is 0.00686. The number of piperazine rings is 1. The summed E-state index contributed by atoms with van der Waals surface area (Å²) in [6.45, 7) is 12.3. The minimum atomic E-state index is -1.01. The summed E-state index contributed by atoms with van der Waals surface area (Å²) < 4.78 is 42.5. The summed E-state index contributed by atoms with van der Waals surface area (Å²) in [6.07, 6.45) is 5.62. The van der Waals surface area contributed by atoms with Crippen LogP contribution in [-0.4, -0.2) is 188 Å². The third-order valence-corrected chi connectivity index (χ3v) is 14.5. The highest BCUT2D eigenvalue weighted by atomic mass is 35.5. The molecule has 20 nitrogen and oxygen atoms in total. The Hall–Kier alpha value is -6.11. The predicted molar refractivity (Wildman–Crippen MR) is 278 cm³/mol. The van der Waals surface area contributed by atoms with E-state index in [1.54, 1.807) is 36.4 Å². The van der Waals surface area contributed by atoms with Crippen molar-refractivity contribution in [3.8, 4) is 5.75 Å². The number of hydrogen-bond donors (Lipinski definition) is 3. The maximum atomic E-state index is 13.8. The van der Waals surface area contributed by atoms with E-state index in [0.29, 0.717) is 116 Å². The second-order valence-corrected chi connectivity index (χ2v) is 19.6. The Morgan fingerprint density at radius 3 is 2.31 bits per heavy atom. The van der Waals surface area contributed by atoms with Crippen LogP contribution in [0.5, 0.6) is 5.75 Å². The van der Waals surface area contributed by atoms with Gasteiger partial charge in [0.25, 0.3) is 11.8 Å². The first-order chi connectivity index (χ1) is 36.5. The molecule has 4 aromatic rings. The number of carbonyl (C=O) groups is 6. The number of anilines is 3. The van der Waals surface area contributed by atoms with Crippen LogP contribution < -0.4 is 20.7 Å². The van der Waals surface area contributed by atoms with Crippen molar-refractivity contribution >= 4 is 86.9 Å². The number of nitrogens with zero attached hydrogens (tertiary/aromatic N) is 6. The van der Waals surface area contributed by atoms with E-state index >= 15 is 0 Å². The lowest BCUT2D eigenvalue weighted by Gasteiger charge is -2.42. The van der Waals surface area contributed by atoms with E-state index in [2.05, 4.69) is 42.3 Å². The van der Waals surface area contributed by atoms with Crippen LogP contribution in [0, 0.1) is 5.82 Å². The summed E-state index contributed by atoms with van der Waals surface area (Å²) in [7, 11) is 0. The van der Waals surface area contributed by atoms with Gasteiger partial charge in [0.2, 0.25) is 23.6 Å². The zero-order valence-corrected chi connectivity index (χ0v) is 43.1. The number of piperidine rings is 2. The third kappa shape index (κ3) is 14.6. The minimum Gasteiger partial charge on any atom is -0.491 e. The van der Waals surface area contributed by atoms with Gasteiger partial charge in [-0.3, -0.25) is 43.9 Å². The van der Waals surface area contributed by atoms with E-state index in [0.717, 1.165) is 56.9 Å². The standard InChI is InChI=1S/C52H61ClFN9O11S/c1-2-45(64)58-41-30-37-40(55-33-56-49(37)57-34-7-8-39(54)38(53)29-34)31-43(41)74-20-4-13-60-14-11-35(12-15-60)61-16-18-62(19-17-61)47(66)32-73-26-25-71-22-21-70-23-24-72-27-28-75-44-6-3-5-36-48(44)52(69)63(51(36)68)42-9-10-46(65)59-50(42)67/h2-3,5-8,29-31,33,35,42H,1,4,9-28,32H2,(H,58,64)(H,55,56,57)(H,59,65,67). The highest BCUT2D eigenvalue weighted by Crippen LogP contribution is 2.36. The van der Waals surface area contributed by atoms with Crippen molar-refractivity contribution in [2.75, 3.05) is 122 Å². The number of aromatic nitrogens is 2. The van der Waals surface area contributed by atoms with Gasteiger partial charge in [-0.1, -0.05) is 24.2 Å². The maximum absolute atomic E-state index is 13.8. The number of nitrogens with one attached hydrogen (secondary N) is 3. The molecule has 0 bridgehead atoms. The number of amides is 6. The van der Waals surface area contributed by atoms with E-state index in [-0.39, 0.29) is 41.5 Å². The van der Waals surface area contributed by atoms with Crippen molar-refractivity contribution in [2.45, 2.75) is 49.1 Å². The Morgan fingerprint density at radius 1 is 0.853 bits per heavy atom. The Balaban J connectivity index is 0.634. The summed E-state index contributed by atoms with van der Waals surface area (Å²) in [5, 5.41) is 8.77. The first-order valence-electron chi connectivity index (χ1n) is 25.1. The van der Waals surface area contributed by atoms with Gasteiger partial charge < -0.3 is 44.1 Å². The molecule has 0 saturated carbocycles. The highest BCUT2D eigenvalue weighted by Gasteiger charge is 2.45. The van der Waals surface area contributed by atoms with Crippen molar-refractivity contribution in [3.63, 3.8) is 0 Å². The summed E-state index contributed by atoms with van der Waals surface area (Å²) in [4.78, 5) is 92.8. The number of fused-ring (bicyclic) bond motifs is 2. The molecule has 1 atom stereocenters. The second kappa shape index (κ2) is 27.1. The first-order valence-corrected chi connectivity index (χ1v) is 26.4. The van der Waals surface area contributed by atoms with E-state index in [1.807, 2.05) is 4.90 Å². The second-order valence-electron chi connectivity index (χ2n) is 18.1. The number of ether oxygens (including phenoxy) is 5. The number of rotatable bonds is 26. The van der Waals surface area contributed by atoms with E-state index in [1.165, 1.54) is 36.3 Å². The lowest BCUT2D eigenvalue weighted by molar-refractivity contribution is -0.139. The number of hydrogen-bond acceptors (Lipinski definition) is 17. The molecule has 1 unspecified atom stereocenters. The van der Waals surface area contributed by atoms with Crippen LogP contribution in [-0.2, 0) is 38.1 Å². The molecule has 8 rings (SSSR count). The van der Waals surface area contributed by atoms with Gasteiger partial charge in [-0.25, -0.2) is 14.4 Å². The van der Waals surface area contributed by atoms with Gasteiger partial charge in [-0.15, -0.1) is 11.8 Å². The molecule has 3 aromatic carbocycles. The van der Waals surface area contributed by atoms with Crippen LogP contribution in [0.25, 0.3) is 10.9 Å². The maximum Gasteiger partial charge on any atom is 0.263 e. The Morgan fingerprint density at radius 2 is 1.59 bits per heavy atom. The van der Waals surface area contributed by atoms with Crippen molar-refractivity contribution < 1.29 is 56.8 Å². The molecular formula is C52H61ClFN9O11S. The lowest BCUT2D eigenvalue weighted by atomic mass is 10.0. The number of imide groups is 2. The molecular weight excluding hydrogens is 1010 g/mol. The molecule has 75 heavy (non-hydrogen) atoms. The fourth-order valence-corrected chi connectivity index (χ4v) is 10.5. The van der Waals surface area contributed by atoms with E-state index in [4.69, 9.17) is 35.3 Å². The zero-order valence-electron chi connectivity index (χ0n) is 41.5. The lowest BCUT2D eigenvalue weighted by Crippen LogP contribution is -2.54. The molecule has 4 aliphatic rings. The third-order valence-electron chi connectivity index (χ3n) is 13.2. The number of halogens is 2. The number of carbonyl (C=O) groups excluding carboxylic acids is 6. The molecule has 4 aliphatic heterocycles. The predicted octanol–water partition coefficient (Wildman–Crippen LogP) is 4.93. The fraction of sp³-hybridized carbons (Fsp3) is 0.462. The summed E-state index contributed by atoms with van der Waals surface area (Å²) in [5.74, 6) is -1.65. The molecule has 3 N–H and O–H groups in total. The average Bonchev–Trinajstić information content (AvgIpc) is 3.72. The molecule has 5 heterocycles. The van der Waals surface area contributed by atoms with Crippen molar-refractivity contribution in [1.82, 2.24) is 34.9 Å². The smallest absolute Gasteiger partial charge is 0.263 e. The van der Waals surface area contributed by atoms with Gasteiger partial charge in [-0.2, -0.15) is 0 Å². The molecule has 400 valence electrons. The summed E-state index contributed by atoms with van der Waals surface area (Å²) in [5.41, 5.74) is 2.07. The van der Waals surface area contributed by atoms with Gasteiger partial charge in [-0.05, 0) is 81.2 Å². The highest BCUT2D eigenvalue weighted by molar-refractivity contribution is 7.99. The largest absolute Gasteiger partial charge is 0.491 e. The van der Waals surface area contributed by atoms with Gasteiger partial charge >= 0.3 is 0 Å². The van der Waals surface area contributed by atoms with Crippen LogP contribution in [0.4, 0.5) is 21.6 Å². The molecule has 23 heteroatoms. The summed E-state index contributed by atoms with van der Waals surface area (Å²) in [6, 6.07) is 12.3. The van der Waals surface area contributed by atoms with Crippen LogP contribution in [0.2, 0.25) is 5.02 Å². The van der Waals surface area contributed by atoms with Crippen LogP contribution in [0.1, 0.15) is 52.8 Å². The molecule has 0 spiro atoms. The number of thioether (sulfide) groups is 1. The molecule has 3 saturated heterocycles. The normalized spacial score (nSPS) is 17.6. The van der Waals surface area contributed by atoms with Gasteiger partial charge in [0.05, 0.1) is 80.2 Å². The first kappa shape index (κ1) is 55.1. The number of likely N-dealkylation sites (tertiary alicyclic amines) is 1. The van der Waals surface area contributed by atoms with Gasteiger partial charge in [0.1, 0.15) is 36.4 Å². The summed E-state index contributed by atoms with van der Waals surface area (Å²) >= 11 is 7.37. The zero-order chi connectivity index (χ0) is 52.7. The topological polar surface area (TPSA) is 223 Å². The molecule has 6 amide bonds. The van der Waals surface area contributed by atoms with Crippen molar-refractivity contribution in [3.05, 3.63) is 89.5 Å². The SMILES string of the molecule is C=CC(=O)Nc1cc2c(Nc3ccc(F)c(Cl)c3)ncnc2cc1OCCCN1CCC(N2CCN(C(=O)COCCOCCOCCOCCSc3cccc4c3C(=O)N(C3CCC(=O)NC3=O)C4=O)CC2)CC1. The van der Waals surface area contributed by atoms with E-state index < -0.39 is 41.4 Å². The average molecular weight is 1070 g/mol. The van der Waals surface area contributed by atoms with Gasteiger partial charge in [0, 0.05) is 73.0 Å². The quantitative estimate of drug-likeness (QED) is 0.0328. The Kier molecular flexibility index (Phi) is 19.9.